The van der Waals surface area contributed by atoms with Crippen molar-refractivity contribution in [3.8, 4) is 0 Å². The zero-order valence-corrected chi connectivity index (χ0v) is 11.7. The first-order chi connectivity index (χ1) is 8.64. The minimum Gasteiger partial charge on any atom is -0.375 e. The Hall–Kier alpha value is -0.860. The van der Waals surface area contributed by atoms with E-state index >= 15 is 0 Å². The van der Waals surface area contributed by atoms with Crippen LogP contribution in [0, 0.1) is 0 Å². The Labute approximate surface area is 111 Å². The predicted molar refractivity (Wildman–Crippen MR) is 74.4 cm³/mol. The summed E-state index contributed by atoms with van der Waals surface area (Å²) in [5.41, 5.74) is 5.85. The average Bonchev–Trinajstić information content (AvgIpc) is 2.40. The molecule has 1 fully saturated rings. The number of quaternary nitrogens is 1. The maximum absolute atomic E-state index is 6.02. The number of benzene rings is 1. The number of ether oxygens (including phenoxy) is 1. The highest BCUT2D eigenvalue weighted by molar-refractivity contribution is 5.27. The van der Waals surface area contributed by atoms with E-state index in [2.05, 4.69) is 49.9 Å². The summed E-state index contributed by atoms with van der Waals surface area (Å²) in [6.07, 6.45) is 4.49. The molecule has 1 aliphatic heterocycles. The van der Waals surface area contributed by atoms with E-state index in [1.54, 1.807) is 0 Å². The zero-order valence-electron chi connectivity index (χ0n) is 11.7. The Kier molecular flexibility index (Phi) is 4.08. The Morgan fingerprint density at radius 1 is 1.28 bits per heavy atom. The van der Waals surface area contributed by atoms with E-state index < -0.39 is 0 Å². The highest BCUT2D eigenvalue weighted by Crippen LogP contribution is 2.44. The van der Waals surface area contributed by atoms with Gasteiger partial charge in [0, 0.05) is 18.4 Å². The highest BCUT2D eigenvalue weighted by atomic mass is 16.5. The molecule has 2 rings (SSSR count). The summed E-state index contributed by atoms with van der Waals surface area (Å²) in [5, 5.41) is 0. The van der Waals surface area contributed by atoms with E-state index in [4.69, 9.17) is 4.74 Å². The quantitative estimate of drug-likeness (QED) is 0.873. The van der Waals surface area contributed by atoms with Crippen LogP contribution < -0.4 is 5.73 Å². The van der Waals surface area contributed by atoms with Crippen molar-refractivity contribution in [1.82, 2.24) is 0 Å². The second kappa shape index (κ2) is 5.41. The summed E-state index contributed by atoms with van der Waals surface area (Å²) in [6, 6.07) is 11.0. The lowest BCUT2D eigenvalue weighted by Gasteiger charge is -2.46. The molecule has 0 radical (unpaired) electrons. The molecule has 0 spiro atoms. The first-order valence-electron chi connectivity index (χ1n) is 7.13. The van der Waals surface area contributed by atoms with Crippen molar-refractivity contribution in [1.29, 1.82) is 0 Å². The lowest BCUT2D eigenvalue weighted by molar-refractivity contribution is -0.372. The Morgan fingerprint density at radius 3 is 2.61 bits per heavy atom. The first-order valence-corrected chi connectivity index (χ1v) is 7.13. The van der Waals surface area contributed by atoms with Gasteiger partial charge in [0.2, 0.25) is 0 Å². The fraction of sp³-hybridized carbons (Fsp3) is 0.625. The maximum Gasteiger partial charge on any atom is 0.0748 e. The van der Waals surface area contributed by atoms with Gasteiger partial charge >= 0.3 is 0 Å². The van der Waals surface area contributed by atoms with Gasteiger partial charge in [-0.05, 0) is 31.7 Å². The van der Waals surface area contributed by atoms with Crippen molar-refractivity contribution in [3.63, 3.8) is 0 Å². The van der Waals surface area contributed by atoms with Gasteiger partial charge in [0.15, 0.2) is 0 Å². The van der Waals surface area contributed by atoms with Crippen molar-refractivity contribution in [3.05, 3.63) is 35.9 Å². The van der Waals surface area contributed by atoms with Gasteiger partial charge in [-0.25, -0.2) is 0 Å². The third kappa shape index (κ3) is 2.60. The molecular weight excluding hydrogens is 222 g/mol. The SMILES string of the molecule is CCC1(C)CC(CC[NH3+])(c2ccccc2)CCO1. The van der Waals surface area contributed by atoms with Crippen LogP contribution in [0.1, 0.15) is 45.1 Å². The molecule has 2 unspecified atom stereocenters. The van der Waals surface area contributed by atoms with Crippen molar-refractivity contribution < 1.29 is 10.5 Å². The second-order valence-corrected chi connectivity index (χ2v) is 5.83. The first kappa shape index (κ1) is 13.6. The summed E-state index contributed by atoms with van der Waals surface area (Å²) in [6.45, 7) is 6.35. The average molecular weight is 248 g/mol. The molecule has 0 aliphatic carbocycles. The van der Waals surface area contributed by atoms with Gasteiger partial charge in [-0.1, -0.05) is 37.3 Å². The number of rotatable bonds is 4. The molecule has 1 heterocycles. The lowest BCUT2D eigenvalue weighted by atomic mass is 9.66. The Balaban J connectivity index is 2.32. The summed E-state index contributed by atoms with van der Waals surface area (Å²) >= 11 is 0. The van der Waals surface area contributed by atoms with Crippen LogP contribution in [0.15, 0.2) is 30.3 Å². The van der Waals surface area contributed by atoms with Crippen molar-refractivity contribution in [2.75, 3.05) is 13.2 Å². The standard InChI is InChI=1S/C16H25NO/c1-3-15(2)13-16(9-11-17,10-12-18-15)14-7-5-4-6-8-14/h4-8H,3,9-13,17H2,1-2H3/p+1. The largest absolute Gasteiger partial charge is 0.375 e. The van der Waals surface area contributed by atoms with Crippen molar-refractivity contribution in [2.45, 2.75) is 50.5 Å². The van der Waals surface area contributed by atoms with Gasteiger partial charge in [-0.3, -0.25) is 0 Å². The lowest BCUT2D eigenvalue weighted by Crippen LogP contribution is -2.55. The third-order valence-corrected chi connectivity index (χ3v) is 4.53. The van der Waals surface area contributed by atoms with Gasteiger partial charge < -0.3 is 10.5 Å². The number of hydrogen-bond donors (Lipinski definition) is 1. The van der Waals surface area contributed by atoms with Crippen LogP contribution in [0.3, 0.4) is 0 Å². The van der Waals surface area contributed by atoms with Crippen LogP contribution in [0.2, 0.25) is 0 Å². The third-order valence-electron chi connectivity index (χ3n) is 4.53. The molecule has 1 aromatic rings. The van der Waals surface area contributed by atoms with Crippen LogP contribution in [0.25, 0.3) is 0 Å². The molecule has 1 saturated heterocycles. The highest BCUT2D eigenvalue weighted by Gasteiger charge is 2.43. The van der Waals surface area contributed by atoms with Gasteiger partial charge in [-0.2, -0.15) is 0 Å². The van der Waals surface area contributed by atoms with Crippen molar-refractivity contribution in [2.24, 2.45) is 0 Å². The molecule has 1 aliphatic rings. The van der Waals surface area contributed by atoms with Crippen LogP contribution in [-0.2, 0) is 10.2 Å². The Bertz CT molecular complexity index is 374. The summed E-state index contributed by atoms with van der Waals surface area (Å²) in [7, 11) is 0. The zero-order chi connectivity index (χ0) is 13.1. The monoisotopic (exact) mass is 248 g/mol. The van der Waals surface area contributed by atoms with Crippen LogP contribution in [0.4, 0.5) is 0 Å². The molecule has 2 nitrogen and oxygen atoms in total. The molecule has 0 aromatic heterocycles. The molecule has 100 valence electrons. The van der Waals surface area contributed by atoms with Crippen molar-refractivity contribution >= 4 is 0 Å². The summed E-state index contributed by atoms with van der Waals surface area (Å²) < 4.78 is 6.02. The van der Waals surface area contributed by atoms with Crippen LogP contribution in [-0.4, -0.2) is 18.8 Å². The van der Waals surface area contributed by atoms with Gasteiger partial charge in [0.25, 0.3) is 0 Å². The second-order valence-electron chi connectivity index (χ2n) is 5.83. The molecule has 0 bridgehead atoms. The minimum atomic E-state index is 0.0310. The van der Waals surface area contributed by atoms with Gasteiger partial charge in [0.05, 0.1) is 12.1 Å². The fourth-order valence-electron chi connectivity index (χ4n) is 3.31. The molecule has 1 aromatic carbocycles. The molecule has 2 atom stereocenters. The molecular formula is C16H26NO+. The normalized spacial score (nSPS) is 32.4. The van der Waals surface area contributed by atoms with Gasteiger partial charge in [0.1, 0.15) is 0 Å². The Morgan fingerprint density at radius 2 is 2.00 bits per heavy atom. The van der Waals surface area contributed by atoms with E-state index in [-0.39, 0.29) is 11.0 Å². The molecule has 0 amide bonds. The van der Waals surface area contributed by atoms with E-state index in [0.717, 1.165) is 38.8 Å². The molecule has 2 heteroatoms. The molecule has 18 heavy (non-hydrogen) atoms. The van der Waals surface area contributed by atoms with E-state index in [9.17, 15) is 0 Å². The topological polar surface area (TPSA) is 36.9 Å². The minimum absolute atomic E-state index is 0.0310. The van der Waals surface area contributed by atoms with E-state index in [1.165, 1.54) is 5.56 Å². The maximum atomic E-state index is 6.02. The summed E-state index contributed by atoms with van der Waals surface area (Å²) in [5.74, 6) is 0. The molecule has 3 N–H and O–H groups in total. The van der Waals surface area contributed by atoms with E-state index in [0.29, 0.717) is 0 Å². The van der Waals surface area contributed by atoms with Crippen LogP contribution in [0.5, 0.6) is 0 Å². The smallest absolute Gasteiger partial charge is 0.0748 e. The number of hydrogen-bond acceptors (Lipinski definition) is 1. The van der Waals surface area contributed by atoms with Gasteiger partial charge in [-0.15, -0.1) is 0 Å². The molecule has 0 saturated carbocycles. The van der Waals surface area contributed by atoms with E-state index in [1.807, 2.05) is 0 Å². The predicted octanol–water partition coefficient (Wildman–Crippen LogP) is 2.54. The summed E-state index contributed by atoms with van der Waals surface area (Å²) in [4.78, 5) is 0. The van der Waals surface area contributed by atoms with Crippen LogP contribution >= 0.6 is 0 Å². The fourth-order valence-corrected chi connectivity index (χ4v) is 3.31.